The van der Waals surface area contributed by atoms with E-state index in [0.717, 1.165) is 19.0 Å². The van der Waals surface area contributed by atoms with Gasteiger partial charge in [0.1, 0.15) is 0 Å². The third-order valence-electron chi connectivity index (χ3n) is 5.28. The lowest BCUT2D eigenvalue weighted by atomic mass is 9.98. The molecule has 2 fully saturated rings. The fourth-order valence-electron chi connectivity index (χ4n) is 3.86. The first-order valence-electron chi connectivity index (χ1n) is 7.66. The van der Waals surface area contributed by atoms with Gasteiger partial charge in [0.15, 0.2) is 9.84 Å². The van der Waals surface area contributed by atoms with Gasteiger partial charge in [-0.15, -0.1) is 0 Å². The van der Waals surface area contributed by atoms with Crippen molar-refractivity contribution in [3.8, 4) is 0 Å². The highest BCUT2D eigenvalue weighted by Crippen LogP contribution is 2.40. The van der Waals surface area contributed by atoms with Crippen LogP contribution in [0, 0.1) is 11.8 Å². The Balaban J connectivity index is 1.73. The van der Waals surface area contributed by atoms with E-state index in [0.29, 0.717) is 22.9 Å². The minimum atomic E-state index is -3.11. The lowest BCUT2D eigenvalue weighted by Crippen LogP contribution is -2.31. The summed E-state index contributed by atoms with van der Waals surface area (Å²) in [5, 5.41) is 0. The van der Waals surface area contributed by atoms with E-state index in [2.05, 4.69) is 11.8 Å². The minimum Gasteiger partial charge on any atom is -0.327 e. The smallest absolute Gasteiger partial charge is 0.175 e. The molecule has 1 heterocycles. The summed E-state index contributed by atoms with van der Waals surface area (Å²) in [5.74, 6) is 1.39. The van der Waals surface area contributed by atoms with Crippen molar-refractivity contribution in [1.29, 1.82) is 0 Å². The molecule has 0 radical (unpaired) electrons. The van der Waals surface area contributed by atoms with Gasteiger partial charge in [0.25, 0.3) is 0 Å². The van der Waals surface area contributed by atoms with Crippen LogP contribution in [0.4, 0.5) is 0 Å². The maximum atomic E-state index is 11.5. The zero-order valence-electron chi connectivity index (χ0n) is 12.7. The molecule has 21 heavy (non-hydrogen) atoms. The van der Waals surface area contributed by atoms with E-state index in [-0.39, 0.29) is 0 Å². The molecule has 1 aromatic carbocycles. The number of hydrogen-bond donors (Lipinski definition) is 1. The average molecular weight is 308 g/mol. The normalized spacial score (nSPS) is 31.3. The highest BCUT2D eigenvalue weighted by Gasteiger charge is 2.42. The molecule has 0 amide bonds. The lowest BCUT2D eigenvalue weighted by Gasteiger charge is -2.26. The van der Waals surface area contributed by atoms with Crippen LogP contribution in [0.1, 0.15) is 31.4 Å². The number of fused-ring (bicyclic) bond motifs is 1. The van der Waals surface area contributed by atoms with Crippen molar-refractivity contribution < 1.29 is 8.42 Å². The van der Waals surface area contributed by atoms with E-state index in [1.165, 1.54) is 24.7 Å². The third kappa shape index (κ3) is 2.87. The van der Waals surface area contributed by atoms with Crippen molar-refractivity contribution in [1.82, 2.24) is 4.90 Å². The second kappa shape index (κ2) is 5.38. The Morgan fingerprint density at radius 1 is 1.19 bits per heavy atom. The molecular formula is C16H24N2O2S. The van der Waals surface area contributed by atoms with Crippen molar-refractivity contribution in [3.05, 3.63) is 29.8 Å². The standard InChI is InChI=1S/C16H24N2O2S/c1-11(12-3-6-14(7-4-12)21(2,19)20)18-9-13-5-8-16(17)15(13)10-18/h3-4,6-7,11,13,15-16H,5,8-10,17H2,1-2H3. The van der Waals surface area contributed by atoms with Crippen molar-refractivity contribution >= 4 is 9.84 Å². The Morgan fingerprint density at radius 2 is 1.86 bits per heavy atom. The molecule has 1 aliphatic carbocycles. The van der Waals surface area contributed by atoms with E-state index in [9.17, 15) is 8.42 Å². The number of likely N-dealkylation sites (tertiary alicyclic amines) is 1. The van der Waals surface area contributed by atoms with Gasteiger partial charge in [-0.05, 0) is 49.3 Å². The zero-order valence-corrected chi connectivity index (χ0v) is 13.5. The number of nitrogens with zero attached hydrogens (tertiary/aromatic N) is 1. The Morgan fingerprint density at radius 3 is 2.43 bits per heavy atom. The van der Waals surface area contributed by atoms with E-state index in [1.807, 2.05) is 12.1 Å². The third-order valence-corrected chi connectivity index (χ3v) is 6.41. The Hall–Kier alpha value is -0.910. The Kier molecular flexibility index (Phi) is 3.84. The zero-order chi connectivity index (χ0) is 15.2. The summed E-state index contributed by atoms with van der Waals surface area (Å²) < 4.78 is 23.0. The second-order valence-electron chi connectivity index (χ2n) is 6.64. The number of rotatable bonds is 3. The van der Waals surface area contributed by atoms with Gasteiger partial charge >= 0.3 is 0 Å². The molecule has 3 rings (SSSR count). The van der Waals surface area contributed by atoms with Gasteiger partial charge < -0.3 is 5.73 Å². The Bertz CT molecular complexity index is 612. The molecule has 116 valence electrons. The topological polar surface area (TPSA) is 63.4 Å². The molecule has 0 aromatic heterocycles. The van der Waals surface area contributed by atoms with Crippen molar-refractivity contribution in [2.24, 2.45) is 17.6 Å². The van der Waals surface area contributed by atoms with Gasteiger partial charge in [0.05, 0.1) is 4.90 Å². The summed E-state index contributed by atoms with van der Waals surface area (Å²) in [4.78, 5) is 2.88. The number of nitrogens with two attached hydrogens (primary N) is 1. The monoisotopic (exact) mass is 308 g/mol. The summed E-state index contributed by atoms with van der Waals surface area (Å²) in [6.07, 6.45) is 3.66. The van der Waals surface area contributed by atoms with Crippen LogP contribution in [0.15, 0.2) is 29.2 Å². The van der Waals surface area contributed by atoms with Crippen molar-refractivity contribution in [3.63, 3.8) is 0 Å². The molecule has 4 unspecified atom stereocenters. The number of hydrogen-bond acceptors (Lipinski definition) is 4. The van der Waals surface area contributed by atoms with Crippen molar-refractivity contribution in [2.75, 3.05) is 19.3 Å². The van der Waals surface area contributed by atoms with Crippen LogP contribution in [0.25, 0.3) is 0 Å². The number of benzene rings is 1. The molecular weight excluding hydrogens is 284 g/mol. The van der Waals surface area contributed by atoms with E-state index in [1.54, 1.807) is 12.1 Å². The molecule has 2 aliphatic rings. The fraction of sp³-hybridized carbons (Fsp3) is 0.625. The molecule has 4 nitrogen and oxygen atoms in total. The van der Waals surface area contributed by atoms with Gasteiger partial charge in [-0.3, -0.25) is 4.90 Å². The van der Waals surface area contributed by atoms with Gasteiger partial charge in [-0.25, -0.2) is 8.42 Å². The predicted molar refractivity (Wildman–Crippen MR) is 83.7 cm³/mol. The molecule has 0 bridgehead atoms. The SMILES string of the molecule is CC(c1ccc(S(C)(=O)=O)cc1)N1CC2CCC(N)C2C1. The van der Waals surface area contributed by atoms with Gasteiger partial charge in [-0.2, -0.15) is 0 Å². The van der Waals surface area contributed by atoms with Crippen LogP contribution in [-0.2, 0) is 9.84 Å². The highest BCUT2D eigenvalue weighted by molar-refractivity contribution is 7.90. The van der Waals surface area contributed by atoms with Crippen LogP contribution >= 0.6 is 0 Å². The summed E-state index contributed by atoms with van der Waals surface area (Å²) in [6.45, 7) is 4.39. The molecule has 1 saturated carbocycles. The quantitative estimate of drug-likeness (QED) is 0.925. The predicted octanol–water partition coefficient (Wildman–Crippen LogP) is 1.82. The Labute approximate surface area is 127 Å². The van der Waals surface area contributed by atoms with Crippen LogP contribution < -0.4 is 5.73 Å². The van der Waals surface area contributed by atoms with E-state index in [4.69, 9.17) is 5.73 Å². The van der Waals surface area contributed by atoms with Crippen molar-refractivity contribution in [2.45, 2.75) is 36.7 Å². The summed E-state index contributed by atoms with van der Waals surface area (Å²) in [6, 6.07) is 7.98. The lowest BCUT2D eigenvalue weighted by molar-refractivity contribution is 0.239. The summed E-state index contributed by atoms with van der Waals surface area (Å²) >= 11 is 0. The minimum absolute atomic E-state index is 0.316. The first-order chi connectivity index (χ1) is 9.86. The molecule has 1 aromatic rings. The fourth-order valence-corrected chi connectivity index (χ4v) is 4.49. The summed E-state index contributed by atoms with van der Waals surface area (Å²) in [5.41, 5.74) is 7.37. The van der Waals surface area contributed by atoms with Crippen LogP contribution in [0.2, 0.25) is 0 Å². The number of sulfone groups is 1. The first kappa shape index (κ1) is 15.0. The van der Waals surface area contributed by atoms with E-state index >= 15 is 0 Å². The van der Waals surface area contributed by atoms with Crippen LogP contribution in [0.5, 0.6) is 0 Å². The molecule has 1 aliphatic heterocycles. The summed E-state index contributed by atoms with van der Waals surface area (Å²) in [7, 11) is -3.11. The molecule has 5 heteroatoms. The highest BCUT2D eigenvalue weighted by atomic mass is 32.2. The second-order valence-corrected chi connectivity index (χ2v) is 8.65. The molecule has 4 atom stereocenters. The van der Waals surface area contributed by atoms with Crippen LogP contribution in [-0.4, -0.2) is 38.7 Å². The molecule has 1 saturated heterocycles. The maximum Gasteiger partial charge on any atom is 0.175 e. The maximum absolute atomic E-state index is 11.5. The largest absolute Gasteiger partial charge is 0.327 e. The molecule has 0 spiro atoms. The first-order valence-corrected chi connectivity index (χ1v) is 9.55. The average Bonchev–Trinajstić information content (AvgIpc) is 3.00. The van der Waals surface area contributed by atoms with Gasteiger partial charge in [-0.1, -0.05) is 12.1 Å². The van der Waals surface area contributed by atoms with Crippen LogP contribution in [0.3, 0.4) is 0 Å². The van der Waals surface area contributed by atoms with Gasteiger partial charge in [0, 0.05) is 31.4 Å². The van der Waals surface area contributed by atoms with E-state index < -0.39 is 9.84 Å². The molecule has 2 N–H and O–H groups in total. The van der Waals surface area contributed by atoms with Gasteiger partial charge in [0.2, 0.25) is 0 Å².